The van der Waals surface area contributed by atoms with E-state index in [-0.39, 0.29) is 11.8 Å². The van der Waals surface area contributed by atoms with E-state index in [1.807, 2.05) is 6.92 Å². The zero-order chi connectivity index (χ0) is 12.5. The van der Waals surface area contributed by atoms with Crippen LogP contribution in [-0.4, -0.2) is 19.2 Å². The van der Waals surface area contributed by atoms with Gasteiger partial charge in [0, 0.05) is 18.2 Å². The molecular formula is C14H18N2O2. The molecule has 0 aliphatic carbocycles. The Morgan fingerprint density at radius 2 is 2.17 bits per heavy atom. The number of carbonyl (C=O) groups is 1. The predicted octanol–water partition coefficient (Wildman–Crippen LogP) is 1.69. The Hall–Kier alpha value is -1.55. The molecule has 0 saturated heterocycles. The van der Waals surface area contributed by atoms with Gasteiger partial charge in [0.05, 0.1) is 0 Å². The molecule has 0 aromatic heterocycles. The minimum Gasteiger partial charge on any atom is -0.478 e. The summed E-state index contributed by atoms with van der Waals surface area (Å²) in [5, 5.41) is 6.23. The standard InChI is InChI=1S/C14H18N2O2/c1-9-2-3-10-7-13-11(4-5-15-8-18-13)6-12(10)16-14(9)17/h6-7,9,15H,2-5,8H2,1H3,(H,16,17). The van der Waals surface area contributed by atoms with E-state index >= 15 is 0 Å². The molecule has 0 bridgehead atoms. The summed E-state index contributed by atoms with van der Waals surface area (Å²) >= 11 is 0. The monoisotopic (exact) mass is 246 g/mol. The number of hydrogen-bond acceptors (Lipinski definition) is 3. The highest BCUT2D eigenvalue weighted by Crippen LogP contribution is 2.32. The second-order valence-electron chi connectivity index (χ2n) is 5.08. The second kappa shape index (κ2) is 4.61. The molecule has 2 aliphatic rings. The van der Waals surface area contributed by atoms with Crippen molar-refractivity contribution in [2.24, 2.45) is 5.92 Å². The lowest BCUT2D eigenvalue weighted by atomic mass is 10.00. The molecule has 1 atom stereocenters. The topological polar surface area (TPSA) is 50.4 Å². The quantitative estimate of drug-likeness (QED) is 0.732. The first-order valence-electron chi connectivity index (χ1n) is 6.54. The third-order valence-corrected chi connectivity index (χ3v) is 3.74. The van der Waals surface area contributed by atoms with Gasteiger partial charge >= 0.3 is 0 Å². The first kappa shape index (κ1) is 11.5. The molecule has 18 heavy (non-hydrogen) atoms. The lowest BCUT2D eigenvalue weighted by Gasteiger charge is -2.13. The van der Waals surface area contributed by atoms with Crippen LogP contribution in [0.4, 0.5) is 5.69 Å². The number of benzene rings is 1. The number of rotatable bonds is 0. The minimum absolute atomic E-state index is 0.0831. The van der Waals surface area contributed by atoms with Crippen LogP contribution in [0.3, 0.4) is 0 Å². The fraction of sp³-hybridized carbons (Fsp3) is 0.500. The summed E-state index contributed by atoms with van der Waals surface area (Å²) in [6.07, 6.45) is 2.77. The number of nitrogens with one attached hydrogen (secondary N) is 2. The van der Waals surface area contributed by atoms with Gasteiger partial charge in [0.2, 0.25) is 5.91 Å². The third-order valence-electron chi connectivity index (χ3n) is 3.74. The maximum atomic E-state index is 11.9. The maximum absolute atomic E-state index is 11.9. The van der Waals surface area contributed by atoms with Crippen molar-refractivity contribution in [1.29, 1.82) is 0 Å². The highest BCUT2D eigenvalue weighted by Gasteiger charge is 2.21. The normalized spacial score (nSPS) is 22.9. The van der Waals surface area contributed by atoms with Gasteiger partial charge in [-0.15, -0.1) is 0 Å². The summed E-state index contributed by atoms with van der Waals surface area (Å²) in [5.41, 5.74) is 3.33. The van der Waals surface area contributed by atoms with E-state index in [9.17, 15) is 4.79 Å². The lowest BCUT2D eigenvalue weighted by Crippen LogP contribution is -2.19. The fourth-order valence-corrected chi connectivity index (χ4v) is 2.50. The van der Waals surface area contributed by atoms with Crippen LogP contribution in [0.25, 0.3) is 0 Å². The molecular weight excluding hydrogens is 228 g/mol. The summed E-state index contributed by atoms with van der Waals surface area (Å²) in [7, 11) is 0. The molecule has 0 saturated carbocycles. The molecule has 0 spiro atoms. The van der Waals surface area contributed by atoms with Crippen LogP contribution in [0.1, 0.15) is 24.5 Å². The summed E-state index contributed by atoms with van der Waals surface area (Å²) in [6, 6.07) is 4.17. The van der Waals surface area contributed by atoms with Crippen molar-refractivity contribution in [3.05, 3.63) is 23.3 Å². The number of ether oxygens (including phenoxy) is 1. The highest BCUT2D eigenvalue weighted by molar-refractivity contribution is 5.94. The fourth-order valence-electron chi connectivity index (χ4n) is 2.50. The Balaban J connectivity index is 1.99. The molecule has 1 aromatic carbocycles. The van der Waals surface area contributed by atoms with E-state index in [1.54, 1.807) is 0 Å². The average Bonchev–Trinajstić information content (AvgIpc) is 2.66. The van der Waals surface area contributed by atoms with Gasteiger partial charge in [-0.2, -0.15) is 0 Å². The van der Waals surface area contributed by atoms with Crippen LogP contribution >= 0.6 is 0 Å². The summed E-state index contributed by atoms with van der Waals surface area (Å²) in [4.78, 5) is 11.9. The molecule has 2 heterocycles. The largest absolute Gasteiger partial charge is 0.478 e. The van der Waals surface area contributed by atoms with E-state index < -0.39 is 0 Å². The Labute approximate surface area is 107 Å². The van der Waals surface area contributed by atoms with E-state index in [0.29, 0.717) is 6.73 Å². The first-order valence-corrected chi connectivity index (χ1v) is 6.54. The van der Waals surface area contributed by atoms with Crippen LogP contribution < -0.4 is 15.4 Å². The van der Waals surface area contributed by atoms with E-state index in [2.05, 4.69) is 22.8 Å². The molecule has 0 radical (unpaired) electrons. The lowest BCUT2D eigenvalue weighted by molar-refractivity contribution is -0.119. The van der Waals surface area contributed by atoms with Gasteiger partial charge in [-0.3, -0.25) is 10.1 Å². The molecule has 1 aromatic rings. The van der Waals surface area contributed by atoms with Crippen molar-refractivity contribution in [2.45, 2.75) is 26.2 Å². The number of amides is 1. The second-order valence-corrected chi connectivity index (χ2v) is 5.08. The van der Waals surface area contributed by atoms with Gasteiger partial charge in [-0.1, -0.05) is 6.92 Å². The predicted molar refractivity (Wildman–Crippen MR) is 69.8 cm³/mol. The van der Waals surface area contributed by atoms with Gasteiger partial charge in [0.25, 0.3) is 0 Å². The maximum Gasteiger partial charge on any atom is 0.227 e. The molecule has 1 amide bonds. The van der Waals surface area contributed by atoms with Crippen LogP contribution in [0.2, 0.25) is 0 Å². The van der Waals surface area contributed by atoms with Crippen molar-refractivity contribution < 1.29 is 9.53 Å². The number of carbonyl (C=O) groups excluding carboxylic acids is 1. The molecule has 96 valence electrons. The number of fused-ring (bicyclic) bond motifs is 2. The van der Waals surface area contributed by atoms with Gasteiger partial charge < -0.3 is 10.1 Å². The Kier molecular flexibility index (Phi) is 2.96. The molecule has 0 fully saturated rings. The number of aryl methyl sites for hydroxylation is 1. The van der Waals surface area contributed by atoms with E-state index in [0.717, 1.165) is 37.2 Å². The van der Waals surface area contributed by atoms with Gasteiger partial charge in [0.1, 0.15) is 12.5 Å². The van der Waals surface area contributed by atoms with Crippen LogP contribution in [-0.2, 0) is 17.6 Å². The Morgan fingerprint density at radius 1 is 1.28 bits per heavy atom. The average molecular weight is 246 g/mol. The van der Waals surface area contributed by atoms with Gasteiger partial charge in [-0.25, -0.2) is 0 Å². The van der Waals surface area contributed by atoms with Crippen molar-refractivity contribution in [1.82, 2.24) is 5.32 Å². The van der Waals surface area contributed by atoms with Crippen molar-refractivity contribution in [3.63, 3.8) is 0 Å². The van der Waals surface area contributed by atoms with Crippen LogP contribution in [0.5, 0.6) is 5.75 Å². The molecule has 2 aliphatic heterocycles. The molecule has 2 N–H and O–H groups in total. The number of anilines is 1. The first-order chi connectivity index (χ1) is 8.74. The smallest absolute Gasteiger partial charge is 0.227 e. The van der Waals surface area contributed by atoms with Gasteiger partial charge in [-0.05, 0) is 42.5 Å². The summed E-state index contributed by atoms with van der Waals surface area (Å²) in [6.45, 7) is 3.46. The summed E-state index contributed by atoms with van der Waals surface area (Å²) < 4.78 is 5.69. The van der Waals surface area contributed by atoms with Crippen molar-refractivity contribution in [2.75, 3.05) is 18.6 Å². The zero-order valence-electron chi connectivity index (χ0n) is 10.6. The zero-order valence-corrected chi connectivity index (χ0v) is 10.6. The molecule has 4 nitrogen and oxygen atoms in total. The molecule has 1 unspecified atom stereocenters. The van der Waals surface area contributed by atoms with Gasteiger partial charge in [0.15, 0.2) is 0 Å². The van der Waals surface area contributed by atoms with Crippen molar-refractivity contribution >= 4 is 11.6 Å². The van der Waals surface area contributed by atoms with E-state index in [4.69, 9.17) is 4.74 Å². The Morgan fingerprint density at radius 3 is 3.06 bits per heavy atom. The minimum atomic E-state index is 0.0831. The van der Waals surface area contributed by atoms with Crippen LogP contribution in [0, 0.1) is 5.92 Å². The van der Waals surface area contributed by atoms with Crippen LogP contribution in [0.15, 0.2) is 12.1 Å². The van der Waals surface area contributed by atoms with Crippen molar-refractivity contribution in [3.8, 4) is 5.75 Å². The molecule has 3 rings (SSSR count). The molecule has 4 heteroatoms. The summed E-state index contributed by atoms with van der Waals surface area (Å²) in [5.74, 6) is 1.17. The number of hydrogen-bond donors (Lipinski definition) is 2. The third kappa shape index (κ3) is 2.08. The highest BCUT2D eigenvalue weighted by atomic mass is 16.5. The Bertz CT molecular complexity index is 485. The van der Waals surface area contributed by atoms with E-state index in [1.165, 1.54) is 11.1 Å². The SMILES string of the molecule is CC1CCc2cc3c(cc2NC1=O)CCNCO3.